The number of nitrogens with zero attached hydrogens (tertiary/aromatic N) is 1. The lowest BCUT2D eigenvalue weighted by molar-refractivity contribution is -0.132. The van der Waals surface area contributed by atoms with E-state index in [1.54, 1.807) is 0 Å². The molecule has 0 bridgehead atoms. The molecule has 24 heavy (non-hydrogen) atoms. The van der Waals surface area contributed by atoms with Crippen LogP contribution in [0.15, 0.2) is 30.3 Å². The number of hydrogen-bond acceptors (Lipinski definition) is 4. The van der Waals surface area contributed by atoms with Gasteiger partial charge in [0.15, 0.2) is 0 Å². The van der Waals surface area contributed by atoms with E-state index in [4.69, 9.17) is 15.2 Å². The number of benzene rings is 1. The second-order valence-electron chi connectivity index (χ2n) is 6.74. The Labute approximate surface area is 144 Å². The number of hydrogen-bond donors (Lipinski definition) is 1. The molecule has 132 valence electrons. The molecule has 1 amide bonds. The molecule has 1 aromatic carbocycles. The van der Waals surface area contributed by atoms with E-state index in [0.717, 1.165) is 39.1 Å². The average Bonchev–Trinajstić information content (AvgIpc) is 3.08. The Hall–Kier alpha value is -1.43. The highest BCUT2D eigenvalue weighted by Crippen LogP contribution is 2.32. The predicted molar refractivity (Wildman–Crippen MR) is 92.7 cm³/mol. The minimum atomic E-state index is 0.180. The van der Waals surface area contributed by atoms with Gasteiger partial charge in [-0.25, -0.2) is 0 Å². The van der Waals surface area contributed by atoms with Crippen molar-refractivity contribution in [1.82, 2.24) is 4.90 Å². The van der Waals surface area contributed by atoms with Gasteiger partial charge >= 0.3 is 0 Å². The van der Waals surface area contributed by atoms with Crippen LogP contribution in [0.3, 0.4) is 0 Å². The number of ether oxygens (including phenoxy) is 2. The highest BCUT2D eigenvalue weighted by atomic mass is 16.5. The molecule has 2 aliphatic rings. The molecule has 2 N–H and O–H groups in total. The third-order valence-corrected chi connectivity index (χ3v) is 5.16. The smallest absolute Gasteiger partial charge is 0.224 e. The number of likely N-dealkylation sites (tertiary alicyclic amines) is 1. The minimum absolute atomic E-state index is 0.180. The first-order chi connectivity index (χ1) is 11.8. The fourth-order valence-electron chi connectivity index (χ4n) is 3.71. The van der Waals surface area contributed by atoms with Gasteiger partial charge in [-0.05, 0) is 30.9 Å². The molecule has 3 rings (SSSR count). The van der Waals surface area contributed by atoms with E-state index in [1.165, 1.54) is 5.56 Å². The summed E-state index contributed by atoms with van der Waals surface area (Å²) < 4.78 is 11.1. The van der Waals surface area contributed by atoms with Crippen molar-refractivity contribution in [1.29, 1.82) is 0 Å². The summed E-state index contributed by atoms with van der Waals surface area (Å²) in [6.45, 7) is 4.17. The van der Waals surface area contributed by atoms with Gasteiger partial charge in [-0.1, -0.05) is 30.3 Å². The normalized spacial score (nSPS) is 25.1. The van der Waals surface area contributed by atoms with Crippen molar-refractivity contribution >= 4 is 5.91 Å². The van der Waals surface area contributed by atoms with Crippen LogP contribution >= 0.6 is 0 Å². The van der Waals surface area contributed by atoms with Crippen molar-refractivity contribution in [3.8, 4) is 0 Å². The van der Waals surface area contributed by atoms with Crippen LogP contribution in [0.4, 0.5) is 0 Å². The summed E-state index contributed by atoms with van der Waals surface area (Å²) >= 11 is 0. The Kier molecular flexibility index (Phi) is 6.24. The van der Waals surface area contributed by atoms with Crippen LogP contribution < -0.4 is 5.73 Å². The maximum absolute atomic E-state index is 12.5. The zero-order valence-electron chi connectivity index (χ0n) is 14.2. The van der Waals surface area contributed by atoms with Crippen LogP contribution in [-0.2, 0) is 14.3 Å². The molecule has 2 heterocycles. The van der Waals surface area contributed by atoms with Gasteiger partial charge in [0.1, 0.15) is 0 Å². The summed E-state index contributed by atoms with van der Waals surface area (Å²) in [5.41, 5.74) is 7.23. The van der Waals surface area contributed by atoms with Gasteiger partial charge in [0.05, 0.1) is 19.1 Å². The Morgan fingerprint density at radius 1 is 1.21 bits per heavy atom. The van der Waals surface area contributed by atoms with Gasteiger partial charge < -0.3 is 20.1 Å². The van der Waals surface area contributed by atoms with Gasteiger partial charge in [0.25, 0.3) is 0 Å². The molecule has 2 aliphatic heterocycles. The van der Waals surface area contributed by atoms with Crippen LogP contribution in [0, 0.1) is 5.92 Å². The lowest BCUT2D eigenvalue weighted by atomic mass is 9.89. The zero-order chi connectivity index (χ0) is 16.8. The van der Waals surface area contributed by atoms with Gasteiger partial charge in [-0.2, -0.15) is 0 Å². The van der Waals surface area contributed by atoms with E-state index in [2.05, 4.69) is 24.3 Å². The molecule has 0 unspecified atom stereocenters. The van der Waals surface area contributed by atoms with Crippen molar-refractivity contribution in [3.63, 3.8) is 0 Å². The molecule has 2 fully saturated rings. The lowest BCUT2D eigenvalue weighted by Gasteiger charge is -2.23. The number of carbonyl (C=O) groups is 1. The monoisotopic (exact) mass is 332 g/mol. The van der Waals surface area contributed by atoms with Gasteiger partial charge in [-0.15, -0.1) is 0 Å². The molecule has 0 spiro atoms. The van der Waals surface area contributed by atoms with Crippen molar-refractivity contribution < 1.29 is 14.3 Å². The SMILES string of the molecule is NC[C@@H]1CN(C(=O)CCOC2CCOCC2)C[C@H]1c1ccccc1. The molecule has 2 atom stereocenters. The fourth-order valence-corrected chi connectivity index (χ4v) is 3.71. The fraction of sp³-hybridized carbons (Fsp3) is 0.632. The highest BCUT2D eigenvalue weighted by Gasteiger charge is 2.35. The zero-order valence-corrected chi connectivity index (χ0v) is 14.2. The van der Waals surface area contributed by atoms with Crippen LogP contribution in [0.25, 0.3) is 0 Å². The van der Waals surface area contributed by atoms with Gasteiger partial charge in [0.2, 0.25) is 5.91 Å². The van der Waals surface area contributed by atoms with Gasteiger partial charge in [0, 0.05) is 32.2 Å². The lowest BCUT2D eigenvalue weighted by Crippen LogP contribution is -2.31. The molecule has 5 heteroatoms. The number of amides is 1. The largest absolute Gasteiger partial charge is 0.381 e. The summed E-state index contributed by atoms with van der Waals surface area (Å²) in [4.78, 5) is 14.5. The predicted octanol–water partition coefficient (Wildman–Crippen LogP) is 1.77. The van der Waals surface area contributed by atoms with E-state index in [1.807, 2.05) is 11.0 Å². The van der Waals surface area contributed by atoms with Crippen molar-refractivity contribution in [3.05, 3.63) is 35.9 Å². The average molecular weight is 332 g/mol. The Morgan fingerprint density at radius 3 is 2.67 bits per heavy atom. The van der Waals surface area contributed by atoms with Crippen LogP contribution in [0.5, 0.6) is 0 Å². The van der Waals surface area contributed by atoms with E-state index < -0.39 is 0 Å². The molecule has 0 saturated carbocycles. The van der Waals surface area contributed by atoms with Crippen molar-refractivity contribution in [2.24, 2.45) is 11.7 Å². The minimum Gasteiger partial charge on any atom is -0.381 e. The Bertz CT molecular complexity index is 517. The molecule has 2 saturated heterocycles. The first kappa shape index (κ1) is 17.4. The molecule has 0 aromatic heterocycles. The third kappa shape index (κ3) is 4.35. The molecular weight excluding hydrogens is 304 g/mol. The summed E-state index contributed by atoms with van der Waals surface area (Å²) in [5.74, 6) is 0.864. The topological polar surface area (TPSA) is 64.8 Å². The van der Waals surface area contributed by atoms with E-state index in [0.29, 0.717) is 31.4 Å². The molecule has 5 nitrogen and oxygen atoms in total. The maximum atomic E-state index is 12.5. The summed E-state index contributed by atoms with van der Waals surface area (Å²) in [6, 6.07) is 10.4. The molecule has 0 radical (unpaired) electrons. The van der Waals surface area contributed by atoms with Gasteiger partial charge in [-0.3, -0.25) is 4.79 Å². The highest BCUT2D eigenvalue weighted by molar-refractivity contribution is 5.76. The second-order valence-corrected chi connectivity index (χ2v) is 6.74. The first-order valence-electron chi connectivity index (χ1n) is 9.00. The summed E-state index contributed by atoms with van der Waals surface area (Å²) in [7, 11) is 0. The van der Waals surface area contributed by atoms with Crippen molar-refractivity contribution in [2.75, 3.05) is 39.5 Å². The van der Waals surface area contributed by atoms with E-state index in [-0.39, 0.29) is 12.0 Å². The quantitative estimate of drug-likeness (QED) is 0.862. The van der Waals surface area contributed by atoms with E-state index in [9.17, 15) is 4.79 Å². The Morgan fingerprint density at radius 2 is 1.96 bits per heavy atom. The summed E-state index contributed by atoms with van der Waals surface area (Å²) in [5, 5.41) is 0. The number of nitrogens with two attached hydrogens (primary N) is 1. The maximum Gasteiger partial charge on any atom is 0.224 e. The second kappa shape index (κ2) is 8.60. The number of carbonyl (C=O) groups excluding carboxylic acids is 1. The van der Waals surface area contributed by atoms with Crippen LogP contribution in [0.2, 0.25) is 0 Å². The van der Waals surface area contributed by atoms with E-state index >= 15 is 0 Å². The molecule has 1 aromatic rings. The molecular formula is C19H28N2O3. The Balaban J connectivity index is 1.48. The van der Waals surface area contributed by atoms with Crippen molar-refractivity contribution in [2.45, 2.75) is 31.3 Å². The number of rotatable bonds is 6. The first-order valence-corrected chi connectivity index (χ1v) is 9.00. The standard InChI is InChI=1S/C19H28N2O3/c20-12-16-13-21(14-18(16)15-4-2-1-3-5-15)19(22)8-11-24-17-6-9-23-10-7-17/h1-5,16-18H,6-14,20H2/t16-,18+/m1/s1. The van der Waals surface area contributed by atoms with Crippen LogP contribution in [0.1, 0.15) is 30.7 Å². The summed E-state index contributed by atoms with van der Waals surface area (Å²) in [6.07, 6.45) is 2.57. The van der Waals surface area contributed by atoms with Crippen LogP contribution in [-0.4, -0.2) is 56.4 Å². The third-order valence-electron chi connectivity index (χ3n) is 5.16. The molecule has 0 aliphatic carbocycles.